The smallest absolute Gasteiger partial charge is 0.330 e. The van der Waals surface area contributed by atoms with Gasteiger partial charge in [0.2, 0.25) is 0 Å². The van der Waals surface area contributed by atoms with Crippen molar-refractivity contribution in [3.8, 4) is 0 Å². The van der Waals surface area contributed by atoms with Crippen LogP contribution in [0.25, 0.3) is 0 Å². The maximum absolute atomic E-state index is 12.3. The third kappa shape index (κ3) is 3.70. The lowest BCUT2D eigenvalue weighted by Gasteiger charge is -2.20. The Balaban J connectivity index is 2.06. The summed E-state index contributed by atoms with van der Waals surface area (Å²) in [7, 11) is 2.03. The molecule has 0 spiro atoms. The number of halogens is 3. The van der Waals surface area contributed by atoms with Crippen LogP contribution < -0.4 is 5.73 Å². The largest absolute Gasteiger partial charge is 0.393 e. The number of hydrogen-bond donors (Lipinski definition) is 1. The van der Waals surface area contributed by atoms with Crippen LogP contribution in [0.1, 0.15) is 23.6 Å². The van der Waals surface area contributed by atoms with Crippen molar-refractivity contribution in [1.82, 2.24) is 4.90 Å². The number of nitrogens with two attached hydrogens (primary N) is 1. The zero-order valence-electron chi connectivity index (χ0n) is 11.0. The van der Waals surface area contributed by atoms with Gasteiger partial charge in [0.1, 0.15) is 0 Å². The number of rotatable bonds is 3. The molecule has 2 nitrogen and oxygen atoms in total. The molecule has 1 saturated heterocycles. The van der Waals surface area contributed by atoms with E-state index < -0.39 is 12.6 Å². The summed E-state index contributed by atoms with van der Waals surface area (Å²) in [6.07, 6.45) is -4.03. The van der Waals surface area contributed by atoms with Crippen molar-refractivity contribution in [2.45, 2.75) is 25.1 Å². The van der Waals surface area contributed by atoms with Crippen LogP contribution in [-0.2, 0) is 6.42 Å². The van der Waals surface area contributed by atoms with E-state index in [-0.39, 0.29) is 6.04 Å². The van der Waals surface area contributed by atoms with Gasteiger partial charge in [-0.05, 0) is 37.1 Å². The third-order valence-corrected chi connectivity index (χ3v) is 3.74. The first-order chi connectivity index (χ1) is 8.89. The van der Waals surface area contributed by atoms with Gasteiger partial charge in [0.05, 0.1) is 6.42 Å². The lowest BCUT2D eigenvalue weighted by Crippen LogP contribution is -2.20. The lowest BCUT2D eigenvalue weighted by molar-refractivity contribution is -0.127. The first-order valence-electron chi connectivity index (χ1n) is 6.45. The number of likely N-dealkylation sites (tertiary alicyclic amines) is 1. The fraction of sp³-hybridized carbons (Fsp3) is 0.571. The van der Waals surface area contributed by atoms with E-state index in [0.717, 1.165) is 18.5 Å². The van der Waals surface area contributed by atoms with Gasteiger partial charge < -0.3 is 5.73 Å². The van der Waals surface area contributed by atoms with Crippen molar-refractivity contribution >= 4 is 0 Å². The molecule has 1 aliphatic heterocycles. The first-order valence-corrected chi connectivity index (χ1v) is 6.45. The second-order valence-electron chi connectivity index (χ2n) is 5.33. The van der Waals surface area contributed by atoms with Crippen LogP contribution in [0.5, 0.6) is 0 Å². The first kappa shape index (κ1) is 14.3. The van der Waals surface area contributed by atoms with E-state index in [0.29, 0.717) is 18.0 Å². The van der Waals surface area contributed by atoms with Gasteiger partial charge in [0, 0.05) is 12.6 Å². The van der Waals surface area contributed by atoms with Gasteiger partial charge in [-0.3, -0.25) is 4.90 Å². The van der Waals surface area contributed by atoms with Gasteiger partial charge in [-0.25, -0.2) is 0 Å². The zero-order valence-corrected chi connectivity index (χ0v) is 11.0. The Kier molecular flexibility index (Phi) is 4.16. The molecule has 2 rings (SSSR count). The highest BCUT2D eigenvalue weighted by Gasteiger charge is 2.30. The van der Waals surface area contributed by atoms with Gasteiger partial charge in [0.15, 0.2) is 0 Å². The van der Waals surface area contributed by atoms with Crippen LogP contribution in [0.3, 0.4) is 0 Å². The standard InChI is InChI=1S/C14H19F3N2/c1-19-9-11(8-18)6-13(19)12-4-2-10(3-5-12)7-14(15,16)17/h2-5,11,13H,6-9,18H2,1H3. The van der Waals surface area contributed by atoms with Gasteiger partial charge in [-0.15, -0.1) is 0 Å². The Morgan fingerprint density at radius 3 is 2.37 bits per heavy atom. The fourth-order valence-corrected chi connectivity index (χ4v) is 2.76. The molecule has 1 aliphatic rings. The van der Waals surface area contributed by atoms with Crippen LogP contribution in [0.2, 0.25) is 0 Å². The summed E-state index contributed by atoms with van der Waals surface area (Å²) in [4.78, 5) is 2.22. The third-order valence-electron chi connectivity index (χ3n) is 3.74. The van der Waals surface area contributed by atoms with Gasteiger partial charge >= 0.3 is 6.18 Å². The van der Waals surface area contributed by atoms with Crippen molar-refractivity contribution in [3.05, 3.63) is 35.4 Å². The summed E-state index contributed by atoms with van der Waals surface area (Å²) in [5.74, 6) is 0.477. The van der Waals surface area contributed by atoms with Crippen LogP contribution in [0, 0.1) is 5.92 Å². The Bertz CT molecular complexity index is 414. The van der Waals surface area contributed by atoms with Crippen LogP contribution in [-0.4, -0.2) is 31.2 Å². The lowest BCUT2D eigenvalue weighted by atomic mass is 9.98. The molecule has 0 radical (unpaired) electrons. The highest BCUT2D eigenvalue weighted by molar-refractivity contribution is 5.26. The van der Waals surface area contributed by atoms with Gasteiger partial charge in [-0.1, -0.05) is 24.3 Å². The molecule has 5 heteroatoms. The minimum Gasteiger partial charge on any atom is -0.330 e. The summed E-state index contributed by atoms with van der Waals surface area (Å²) in [6.45, 7) is 1.61. The molecule has 2 unspecified atom stereocenters. The highest BCUT2D eigenvalue weighted by Crippen LogP contribution is 2.34. The highest BCUT2D eigenvalue weighted by atomic mass is 19.4. The molecule has 0 saturated carbocycles. The van der Waals surface area contributed by atoms with Crippen molar-refractivity contribution in [1.29, 1.82) is 0 Å². The summed E-state index contributed by atoms with van der Waals surface area (Å²) < 4.78 is 36.8. The molecular weight excluding hydrogens is 253 g/mol. The normalized spacial score (nSPS) is 24.9. The average Bonchev–Trinajstić information content (AvgIpc) is 2.70. The zero-order chi connectivity index (χ0) is 14.0. The summed E-state index contributed by atoms with van der Waals surface area (Å²) in [5, 5.41) is 0. The Morgan fingerprint density at radius 1 is 1.26 bits per heavy atom. The maximum atomic E-state index is 12.3. The van der Waals surface area contributed by atoms with Crippen molar-refractivity contribution < 1.29 is 13.2 Å². The van der Waals surface area contributed by atoms with Crippen molar-refractivity contribution in [2.75, 3.05) is 20.1 Å². The van der Waals surface area contributed by atoms with Crippen LogP contribution in [0.4, 0.5) is 13.2 Å². The van der Waals surface area contributed by atoms with Crippen LogP contribution in [0.15, 0.2) is 24.3 Å². The second kappa shape index (κ2) is 5.51. The Labute approximate surface area is 111 Å². The number of hydrogen-bond acceptors (Lipinski definition) is 2. The predicted molar refractivity (Wildman–Crippen MR) is 68.7 cm³/mol. The topological polar surface area (TPSA) is 29.3 Å². The average molecular weight is 272 g/mol. The molecule has 1 heterocycles. The monoisotopic (exact) mass is 272 g/mol. The van der Waals surface area contributed by atoms with E-state index in [9.17, 15) is 13.2 Å². The molecule has 0 aliphatic carbocycles. The molecule has 2 atom stereocenters. The van der Waals surface area contributed by atoms with Crippen molar-refractivity contribution in [3.63, 3.8) is 0 Å². The summed E-state index contributed by atoms with van der Waals surface area (Å²) >= 11 is 0. The SMILES string of the molecule is CN1CC(CN)CC1c1ccc(CC(F)(F)F)cc1. The quantitative estimate of drug-likeness (QED) is 0.916. The van der Waals surface area contributed by atoms with Gasteiger partial charge in [0.25, 0.3) is 0 Å². The van der Waals surface area contributed by atoms with E-state index >= 15 is 0 Å². The maximum Gasteiger partial charge on any atom is 0.393 e. The number of benzene rings is 1. The molecule has 1 fully saturated rings. The number of nitrogens with zero attached hydrogens (tertiary/aromatic N) is 1. The van der Waals surface area contributed by atoms with E-state index in [1.165, 1.54) is 0 Å². The fourth-order valence-electron chi connectivity index (χ4n) is 2.76. The molecule has 0 bridgehead atoms. The second-order valence-corrected chi connectivity index (χ2v) is 5.33. The van der Waals surface area contributed by atoms with Crippen molar-refractivity contribution in [2.24, 2.45) is 11.7 Å². The van der Waals surface area contributed by atoms with Gasteiger partial charge in [-0.2, -0.15) is 13.2 Å². The number of alkyl halides is 3. The van der Waals surface area contributed by atoms with E-state index in [4.69, 9.17) is 5.73 Å². The Morgan fingerprint density at radius 2 is 1.89 bits per heavy atom. The molecule has 0 amide bonds. The Hall–Kier alpha value is -1.07. The predicted octanol–water partition coefficient (Wildman–Crippen LogP) is 2.74. The molecule has 106 valence electrons. The van der Waals surface area contributed by atoms with Crippen LogP contribution >= 0.6 is 0 Å². The minimum absolute atomic E-state index is 0.272. The van der Waals surface area contributed by atoms with E-state index in [1.807, 2.05) is 7.05 Å². The molecule has 1 aromatic rings. The summed E-state index contributed by atoms with van der Waals surface area (Å²) in [6, 6.07) is 7.04. The summed E-state index contributed by atoms with van der Waals surface area (Å²) in [5.41, 5.74) is 7.06. The van der Waals surface area contributed by atoms with E-state index in [2.05, 4.69) is 4.90 Å². The minimum atomic E-state index is -4.14. The van der Waals surface area contributed by atoms with E-state index in [1.54, 1.807) is 24.3 Å². The molecule has 1 aromatic carbocycles. The molecule has 0 aromatic heterocycles. The molecule has 19 heavy (non-hydrogen) atoms. The molecule has 2 N–H and O–H groups in total. The molecular formula is C14H19F3N2.